The summed E-state index contributed by atoms with van der Waals surface area (Å²) in [6, 6.07) is 0.398. The molecule has 2 bridgehead atoms. The second kappa shape index (κ2) is 5.17. The van der Waals surface area contributed by atoms with Gasteiger partial charge in [-0.15, -0.1) is 11.6 Å². The van der Waals surface area contributed by atoms with Crippen LogP contribution in [-0.4, -0.2) is 42.4 Å². The van der Waals surface area contributed by atoms with E-state index in [-0.39, 0.29) is 5.91 Å². The quantitative estimate of drug-likeness (QED) is 0.737. The van der Waals surface area contributed by atoms with E-state index in [1.165, 1.54) is 25.9 Å². The molecule has 4 heteroatoms. The van der Waals surface area contributed by atoms with Crippen LogP contribution in [0.3, 0.4) is 0 Å². The molecule has 3 fully saturated rings. The van der Waals surface area contributed by atoms with Crippen LogP contribution in [-0.2, 0) is 4.79 Å². The lowest BCUT2D eigenvalue weighted by atomic mass is 9.84. The number of rotatable bonds is 4. The standard InChI is InChI=1S/C11H19ClN2O/c12-5-1-2-11(15)13-10-8-14-6-3-9(10)4-7-14/h9-10H,1-8H2,(H,13,15). The van der Waals surface area contributed by atoms with Gasteiger partial charge in [-0.2, -0.15) is 0 Å². The van der Waals surface area contributed by atoms with Crippen LogP contribution in [0.2, 0.25) is 0 Å². The minimum Gasteiger partial charge on any atom is -0.352 e. The molecule has 1 amide bonds. The van der Waals surface area contributed by atoms with Crippen molar-refractivity contribution < 1.29 is 4.79 Å². The van der Waals surface area contributed by atoms with Gasteiger partial charge in [0.25, 0.3) is 0 Å². The van der Waals surface area contributed by atoms with E-state index in [2.05, 4.69) is 10.2 Å². The molecule has 86 valence electrons. The Morgan fingerprint density at radius 1 is 1.40 bits per heavy atom. The first kappa shape index (κ1) is 11.2. The van der Waals surface area contributed by atoms with Crippen molar-refractivity contribution in [3.05, 3.63) is 0 Å². The Kier molecular flexibility index (Phi) is 3.87. The number of alkyl halides is 1. The molecule has 3 aliphatic rings. The Bertz CT molecular complexity index is 227. The summed E-state index contributed by atoms with van der Waals surface area (Å²) >= 11 is 5.56. The van der Waals surface area contributed by atoms with Crippen LogP contribution in [0.4, 0.5) is 0 Å². The molecular formula is C11H19ClN2O. The van der Waals surface area contributed by atoms with Crippen molar-refractivity contribution in [2.24, 2.45) is 5.92 Å². The van der Waals surface area contributed by atoms with Crippen molar-refractivity contribution >= 4 is 17.5 Å². The number of carbonyl (C=O) groups is 1. The van der Waals surface area contributed by atoms with E-state index in [9.17, 15) is 4.79 Å². The highest BCUT2D eigenvalue weighted by molar-refractivity contribution is 6.17. The molecule has 15 heavy (non-hydrogen) atoms. The summed E-state index contributed by atoms with van der Waals surface area (Å²) in [6.07, 6.45) is 3.86. The van der Waals surface area contributed by atoms with Gasteiger partial charge in [0.05, 0.1) is 0 Å². The number of halogens is 1. The molecule has 3 aliphatic heterocycles. The molecular weight excluding hydrogens is 212 g/mol. The van der Waals surface area contributed by atoms with E-state index >= 15 is 0 Å². The van der Waals surface area contributed by atoms with Crippen molar-refractivity contribution in [1.82, 2.24) is 10.2 Å². The van der Waals surface area contributed by atoms with E-state index in [0.29, 0.717) is 18.3 Å². The number of hydrogen-bond acceptors (Lipinski definition) is 2. The lowest BCUT2D eigenvalue weighted by molar-refractivity contribution is -0.123. The zero-order valence-electron chi connectivity index (χ0n) is 9.04. The number of nitrogens with zero attached hydrogens (tertiary/aromatic N) is 1. The number of amides is 1. The van der Waals surface area contributed by atoms with E-state index in [1.54, 1.807) is 0 Å². The van der Waals surface area contributed by atoms with Gasteiger partial charge in [0.2, 0.25) is 5.91 Å². The van der Waals surface area contributed by atoms with E-state index in [4.69, 9.17) is 11.6 Å². The van der Waals surface area contributed by atoms with Gasteiger partial charge in [-0.1, -0.05) is 0 Å². The number of fused-ring (bicyclic) bond motifs is 3. The molecule has 1 unspecified atom stereocenters. The Morgan fingerprint density at radius 3 is 2.67 bits per heavy atom. The third kappa shape index (κ3) is 2.85. The third-order valence-corrected chi connectivity index (χ3v) is 3.81. The third-order valence-electron chi connectivity index (χ3n) is 3.54. The van der Waals surface area contributed by atoms with E-state index in [0.717, 1.165) is 18.9 Å². The van der Waals surface area contributed by atoms with E-state index < -0.39 is 0 Å². The number of carbonyl (C=O) groups excluding carboxylic acids is 1. The Balaban J connectivity index is 1.77. The molecule has 0 radical (unpaired) electrons. The number of piperidine rings is 3. The second-order valence-electron chi connectivity index (χ2n) is 4.60. The van der Waals surface area contributed by atoms with Crippen LogP contribution in [0.5, 0.6) is 0 Å². The van der Waals surface area contributed by atoms with Crippen molar-refractivity contribution in [1.29, 1.82) is 0 Å². The predicted molar refractivity (Wildman–Crippen MR) is 61.0 cm³/mol. The van der Waals surface area contributed by atoms with Gasteiger partial charge in [-0.3, -0.25) is 4.79 Å². The van der Waals surface area contributed by atoms with Crippen molar-refractivity contribution in [3.8, 4) is 0 Å². The summed E-state index contributed by atoms with van der Waals surface area (Å²) < 4.78 is 0. The van der Waals surface area contributed by atoms with Crippen molar-refractivity contribution in [2.45, 2.75) is 31.7 Å². The van der Waals surface area contributed by atoms with Crippen molar-refractivity contribution in [2.75, 3.05) is 25.5 Å². The molecule has 0 aliphatic carbocycles. The molecule has 0 aromatic heterocycles. The van der Waals surface area contributed by atoms with E-state index in [1.807, 2.05) is 0 Å². The summed E-state index contributed by atoms with van der Waals surface area (Å²) in [4.78, 5) is 14.0. The minimum absolute atomic E-state index is 0.175. The first-order chi connectivity index (χ1) is 7.29. The Morgan fingerprint density at radius 2 is 2.13 bits per heavy atom. The molecule has 1 N–H and O–H groups in total. The average molecular weight is 231 g/mol. The van der Waals surface area contributed by atoms with Gasteiger partial charge in [0.1, 0.15) is 0 Å². The highest BCUT2D eigenvalue weighted by atomic mass is 35.5. The second-order valence-corrected chi connectivity index (χ2v) is 4.98. The zero-order valence-corrected chi connectivity index (χ0v) is 9.80. The van der Waals surface area contributed by atoms with Gasteiger partial charge >= 0.3 is 0 Å². The summed E-state index contributed by atoms with van der Waals surface area (Å²) in [5.41, 5.74) is 0. The molecule has 0 aromatic rings. The Hall–Kier alpha value is -0.280. The van der Waals surface area contributed by atoms with Gasteiger partial charge < -0.3 is 10.2 Å². The van der Waals surface area contributed by atoms with Gasteiger partial charge in [0.15, 0.2) is 0 Å². The lowest BCUT2D eigenvalue weighted by Crippen LogP contribution is -2.57. The van der Waals surface area contributed by atoms with Crippen molar-refractivity contribution in [3.63, 3.8) is 0 Å². The molecule has 3 heterocycles. The smallest absolute Gasteiger partial charge is 0.220 e. The highest BCUT2D eigenvalue weighted by Crippen LogP contribution is 2.27. The maximum atomic E-state index is 11.6. The van der Waals surface area contributed by atoms with Crippen LogP contribution in [0, 0.1) is 5.92 Å². The fraction of sp³-hybridized carbons (Fsp3) is 0.909. The lowest BCUT2D eigenvalue weighted by Gasteiger charge is -2.44. The summed E-state index contributed by atoms with van der Waals surface area (Å²) in [6.45, 7) is 3.49. The van der Waals surface area contributed by atoms with Crippen LogP contribution < -0.4 is 5.32 Å². The molecule has 0 saturated carbocycles. The summed E-state index contributed by atoms with van der Waals surface area (Å²) in [7, 11) is 0. The summed E-state index contributed by atoms with van der Waals surface area (Å²) in [5, 5.41) is 3.15. The average Bonchev–Trinajstić information content (AvgIpc) is 2.28. The first-order valence-corrected chi connectivity index (χ1v) is 6.40. The minimum atomic E-state index is 0.175. The zero-order chi connectivity index (χ0) is 10.7. The maximum Gasteiger partial charge on any atom is 0.220 e. The normalized spacial score (nSPS) is 34.1. The van der Waals surface area contributed by atoms with Crippen LogP contribution in [0.25, 0.3) is 0 Å². The first-order valence-electron chi connectivity index (χ1n) is 5.87. The SMILES string of the molecule is O=C(CCCCl)NC1CN2CCC1CC2. The molecule has 3 nitrogen and oxygen atoms in total. The molecule has 0 aromatic carbocycles. The molecule has 3 rings (SSSR count). The van der Waals surface area contributed by atoms with Crippen LogP contribution in [0.1, 0.15) is 25.7 Å². The summed E-state index contributed by atoms with van der Waals surface area (Å²) in [5.74, 6) is 1.47. The maximum absolute atomic E-state index is 11.6. The molecule has 0 spiro atoms. The topological polar surface area (TPSA) is 32.3 Å². The highest BCUT2D eigenvalue weighted by Gasteiger charge is 2.34. The fourth-order valence-corrected chi connectivity index (χ4v) is 2.77. The largest absolute Gasteiger partial charge is 0.352 e. The van der Waals surface area contributed by atoms with Gasteiger partial charge in [0, 0.05) is 24.9 Å². The molecule has 1 atom stereocenters. The van der Waals surface area contributed by atoms with Gasteiger partial charge in [-0.25, -0.2) is 0 Å². The predicted octanol–water partition coefficient (Wildman–Crippen LogP) is 1.22. The fourth-order valence-electron chi connectivity index (χ4n) is 2.63. The van der Waals surface area contributed by atoms with Crippen LogP contribution in [0.15, 0.2) is 0 Å². The number of nitrogens with one attached hydrogen (secondary N) is 1. The molecule has 3 saturated heterocycles. The Labute approximate surface area is 96.2 Å². The monoisotopic (exact) mass is 230 g/mol. The number of hydrogen-bond donors (Lipinski definition) is 1. The van der Waals surface area contributed by atoms with Gasteiger partial charge in [-0.05, 0) is 38.3 Å². The van der Waals surface area contributed by atoms with Crippen LogP contribution >= 0.6 is 11.6 Å².